The van der Waals surface area contributed by atoms with Crippen molar-refractivity contribution in [2.75, 3.05) is 0 Å². The van der Waals surface area contributed by atoms with E-state index in [1.807, 2.05) is 0 Å². The Morgan fingerprint density at radius 1 is 1.05 bits per heavy atom. The Hall–Kier alpha value is -1.36. The summed E-state index contributed by atoms with van der Waals surface area (Å²) in [7, 11) is 0. The van der Waals surface area contributed by atoms with Crippen molar-refractivity contribution in [1.82, 2.24) is 0 Å². The molecule has 0 aromatic heterocycles. The van der Waals surface area contributed by atoms with E-state index in [4.69, 9.17) is 23.2 Å². The van der Waals surface area contributed by atoms with E-state index in [0.29, 0.717) is 21.2 Å². The van der Waals surface area contributed by atoms with Gasteiger partial charge in [0.05, 0.1) is 16.1 Å². The monoisotopic (exact) mass is 332 g/mol. The summed E-state index contributed by atoms with van der Waals surface area (Å²) in [5, 5.41) is 11.0. The second kappa shape index (κ2) is 7.07. The van der Waals surface area contributed by atoms with Crippen LogP contribution in [0.3, 0.4) is 0 Å². The quantitative estimate of drug-likeness (QED) is 0.846. The van der Waals surface area contributed by atoms with Gasteiger partial charge in [0.15, 0.2) is 0 Å². The summed E-state index contributed by atoms with van der Waals surface area (Å²) in [5.41, 5.74) is 1.29. The lowest BCUT2D eigenvalue weighted by molar-refractivity contribution is -0.0498. The Balaban J connectivity index is 2.09. The highest BCUT2D eigenvalue weighted by atomic mass is 35.5. The molecule has 0 bridgehead atoms. The molecule has 21 heavy (non-hydrogen) atoms. The van der Waals surface area contributed by atoms with Crippen LogP contribution in [-0.2, 0) is 6.42 Å². The SMILES string of the molecule is OC(Cc1cccc(Cl)c1Cl)c1ccc(OC(F)F)cc1. The van der Waals surface area contributed by atoms with Crippen molar-refractivity contribution in [2.45, 2.75) is 19.1 Å². The molecule has 0 aliphatic carbocycles. The summed E-state index contributed by atoms with van der Waals surface area (Å²) in [6.45, 7) is -2.87. The summed E-state index contributed by atoms with van der Waals surface area (Å²) in [6, 6.07) is 11.0. The van der Waals surface area contributed by atoms with Crippen molar-refractivity contribution in [3.63, 3.8) is 0 Å². The molecule has 6 heteroatoms. The summed E-state index contributed by atoms with van der Waals surface area (Å²) < 4.78 is 28.3. The highest BCUT2D eigenvalue weighted by Crippen LogP contribution is 2.29. The lowest BCUT2D eigenvalue weighted by Crippen LogP contribution is -2.04. The maximum Gasteiger partial charge on any atom is 0.387 e. The van der Waals surface area contributed by atoms with Gasteiger partial charge in [0.2, 0.25) is 0 Å². The maximum absolute atomic E-state index is 12.1. The molecule has 0 spiro atoms. The maximum atomic E-state index is 12.1. The van der Waals surface area contributed by atoms with E-state index in [1.54, 1.807) is 18.2 Å². The van der Waals surface area contributed by atoms with Gasteiger partial charge in [-0.1, -0.05) is 47.5 Å². The molecule has 0 heterocycles. The van der Waals surface area contributed by atoms with Crippen LogP contribution < -0.4 is 4.74 Å². The smallest absolute Gasteiger partial charge is 0.387 e. The Bertz CT molecular complexity index is 603. The third-order valence-corrected chi connectivity index (χ3v) is 3.79. The van der Waals surface area contributed by atoms with Crippen molar-refractivity contribution in [3.05, 3.63) is 63.6 Å². The van der Waals surface area contributed by atoms with Gasteiger partial charge in [-0.25, -0.2) is 0 Å². The lowest BCUT2D eigenvalue weighted by Gasteiger charge is -2.13. The minimum absolute atomic E-state index is 0.0433. The number of ether oxygens (including phenoxy) is 1. The van der Waals surface area contributed by atoms with E-state index in [2.05, 4.69) is 4.74 Å². The van der Waals surface area contributed by atoms with Crippen LogP contribution in [0.15, 0.2) is 42.5 Å². The minimum atomic E-state index is -2.87. The van der Waals surface area contributed by atoms with Crippen molar-refractivity contribution in [3.8, 4) is 5.75 Å². The minimum Gasteiger partial charge on any atom is -0.435 e. The van der Waals surface area contributed by atoms with Gasteiger partial charge in [0, 0.05) is 6.42 Å². The van der Waals surface area contributed by atoms with Crippen LogP contribution in [-0.4, -0.2) is 11.7 Å². The number of hydrogen-bond donors (Lipinski definition) is 1. The molecule has 0 aliphatic rings. The summed E-state index contributed by atoms with van der Waals surface area (Å²) in [5.74, 6) is 0.0433. The zero-order valence-electron chi connectivity index (χ0n) is 10.8. The molecule has 0 saturated heterocycles. The fourth-order valence-corrected chi connectivity index (χ4v) is 2.30. The fraction of sp³-hybridized carbons (Fsp3) is 0.200. The molecule has 0 saturated carbocycles. The van der Waals surface area contributed by atoms with Crippen LogP contribution >= 0.6 is 23.2 Å². The van der Waals surface area contributed by atoms with Crippen LogP contribution in [0.2, 0.25) is 10.0 Å². The Labute approximate surface area is 130 Å². The van der Waals surface area contributed by atoms with E-state index in [1.165, 1.54) is 24.3 Å². The van der Waals surface area contributed by atoms with E-state index in [-0.39, 0.29) is 12.2 Å². The van der Waals surface area contributed by atoms with Crippen molar-refractivity contribution >= 4 is 23.2 Å². The van der Waals surface area contributed by atoms with E-state index in [9.17, 15) is 13.9 Å². The normalized spacial score (nSPS) is 12.5. The predicted octanol–water partition coefficient (Wildman–Crippen LogP) is 4.87. The average Bonchev–Trinajstić information content (AvgIpc) is 2.44. The number of benzene rings is 2. The molecule has 0 radical (unpaired) electrons. The number of alkyl halides is 2. The number of aliphatic hydroxyl groups excluding tert-OH is 1. The molecular weight excluding hydrogens is 321 g/mol. The van der Waals surface area contributed by atoms with Crippen molar-refractivity contribution < 1.29 is 18.6 Å². The highest BCUT2D eigenvalue weighted by Gasteiger charge is 2.13. The highest BCUT2D eigenvalue weighted by molar-refractivity contribution is 6.42. The molecule has 2 nitrogen and oxygen atoms in total. The van der Waals surface area contributed by atoms with Gasteiger partial charge in [-0.3, -0.25) is 0 Å². The molecule has 0 fully saturated rings. The van der Waals surface area contributed by atoms with Gasteiger partial charge in [-0.2, -0.15) is 8.78 Å². The first-order valence-electron chi connectivity index (χ1n) is 6.13. The third-order valence-electron chi connectivity index (χ3n) is 2.93. The van der Waals surface area contributed by atoms with Gasteiger partial charge >= 0.3 is 6.61 Å². The zero-order chi connectivity index (χ0) is 15.4. The van der Waals surface area contributed by atoms with Gasteiger partial charge in [0.1, 0.15) is 5.75 Å². The molecule has 2 aromatic carbocycles. The Kier molecular flexibility index (Phi) is 5.39. The topological polar surface area (TPSA) is 29.5 Å². The fourth-order valence-electron chi connectivity index (χ4n) is 1.90. The Morgan fingerprint density at radius 3 is 2.33 bits per heavy atom. The summed E-state index contributed by atoms with van der Waals surface area (Å²) in [6.07, 6.45) is -0.546. The second-order valence-corrected chi connectivity index (χ2v) is 5.17. The predicted molar refractivity (Wildman–Crippen MR) is 78.2 cm³/mol. The summed E-state index contributed by atoms with van der Waals surface area (Å²) in [4.78, 5) is 0. The number of halogens is 4. The molecule has 0 amide bonds. The first kappa shape index (κ1) is 16.0. The van der Waals surface area contributed by atoms with Crippen LogP contribution in [0.4, 0.5) is 8.78 Å². The van der Waals surface area contributed by atoms with Crippen LogP contribution in [0.25, 0.3) is 0 Å². The zero-order valence-corrected chi connectivity index (χ0v) is 12.3. The van der Waals surface area contributed by atoms with Crippen molar-refractivity contribution in [2.24, 2.45) is 0 Å². The lowest BCUT2D eigenvalue weighted by atomic mass is 10.0. The average molecular weight is 333 g/mol. The molecule has 1 unspecified atom stereocenters. The van der Waals surface area contributed by atoms with E-state index < -0.39 is 12.7 Å². The first-order chi connectivity index (χ1) is 9.97. The largest absolute Gasteiger partial charge is 0.435 e. The number of rotatable bonds is 5. The number of aliphatic hydroxyl groups is 1. The standard InChI is InChI=1S/C15H12Cl2F2O2/c16-12-3-1-2-10(14(12)17)8-13(20)9-4-6-11(7-5-9)21-15(18)19/h1-7,13,15,20H,8H2. The number of hydrogen-bond acceptors (Lipinski definition) is 2. The molecule has 1 N–H and O–H groups in total. The van der Waals surface area contributed by atoms with E-state index in [0.717, 1.165) is 0 Å². The summed E-state index contributed by atoms with van der Waals surface area (Å²) >= 11 is 12.0. The van der Waals surface area contributed by atoms with Crippen LogP contribution in [0.5, 0.6) is 5.75 Å². The van der Waals surface area contributed by atoms with Gasteiger partial charge in [-0.15, -0.1) is 0 Å². The second-order valence-electron chi connectivity index (χ2n) is 4.38. The molecule has 1 atom stereocenters. The van der Waals surface area contributed by atoms with Crippen LogP contribution in [0.1, 0.15) is 17.2 Å². The molecule has 112 valence electrons. The molecular formula is C15H12Cl2F2O2. The molecule has 0 aliphatic heterocycles. The molecule has 2 rings (SSSR count). The van der Waals surface area contributed by atoms with Gasteiger partial charge < -0.3 is 9.84 Å². The van der Waals surface area contributed by atoms with Crippen LogP contribution in [0, 0.1) is 0 Å². The first-order valence-corrected chi connectivity index (χ1v) is 6.88. The molecule has 2 aromatic rings. The Morgan fingerprint density at radius 2 is 1.71 bits per heavy atom. The van der Waals surface area contributed by atoms with Gasteiger partial charge in [-0.05, 0) is 29.3 Å². The van der Waals surface area contributed by atoms with E-state index >= 15 is 0 Å². The third kappa shape index (κ3) is 4.30. The van der Waals surface area contributed by atoms with Gasteiger partial charge in [0.25, 0.3) is 0 Å². The van der Waals surface area contributed by atoms with Crippen molar-refractivity contribution in [1.29, 1.82) is 0 Å².